The van der Waals surface area contributed by atoms with Gasteiger partial charge in [-0.2, -0.15) is 0 Å². The van der Waals surface area contributed by atoms with E-state index in [9.17, 15) is 5.11 Å². The van der Waals surface area contributed by atoms with Gasteiger partial charge in [0.25, 0.3) is 0 Å². The Hall–Kier alpha value is -1.68. The van der Waals surface area contributed by atoms with Crippen molar-refractivity contribution in [2.45, 2.75) is 37.7 Å². The van der Waals surface area contributed by atoms with Crippen LogP contribution in [0.2, 0.25) is 0 Å². The SMILES string of the molecule is OC(c1ccccc1)c1nnc(C2CCCC2)o1. The summed E-state index contributed by atoms with van der Waals surface area (Å²) in [4.78, 5) is 0. The van der Waals surface area contributed by atoms with Crippen LogP contribution in [0.3, 0.4) is 0 Å². The van der Waals surface area contributed by atoms with Crippen LogP contribution >= 0.6 is 0 Å². The Kier molecular flexibility index (Phi) is 3.11. The van der Waals surface area contributed by atoms with Crippen molar-refractivity contribution in [2.24, 2.45) is 0 Å². The van der Waals surface area contributed by atoms with Gasteiger partial charge in [0.05, 0.1) is 0 Å². The van der Waals surface area contributed by atoms with Crippen molar-refractivity contribution in [2.75, 3.05) is 0 Å². The summed E-state index contributed by atoms with van der Waals surface area (Å²) in [5, 5.41) is 18.2. The molecule has 0 radical (unpaired) electrons. The maximum atomic E-state index is 10.2. The Bertz CT molecular complexity index is 504. The molecule has 0 saturated heterocycles. The van der Waals surface area contributed by atoms with Gasteiger partial charge in [-0.15, -0.1) is 10.2 Å². The standard InChI is InChI=1S/C14H16N2O2/c17-12(10-6-2-1-3-7-10)14-16-15-13(18-14)11-8-4-5-9-11/h1-3,6-7,11-12,17H,4-5,8-9H2. The van der Waals surface area contributed by atoms with Crippen molar-refractivity contribution >= 4 is 0 Å². The molecule has 94 valence electrons. The molecule has 1 aliphatic rings. The summed E-state index contributed by atoms with van der Waals surface area (Å²) in [6.07, 6.45) is 3.85. The molecule has 0 amide bonds. The molecule has 1 fully saturated rings. The Labute approximate surface area is 106 Å². The predicted octanol–water partition coefficient (Wildman–Crippen LogP) is 2.81. The summed E-state index contributed by atoms with van der Waals surface area (Å²) in [5.41, 5.74) is 0.777. The molecule has 1 saturated carbocycles. The van der Waals surface area contributed by atoms with E-state index in [0.717, 1.165) is 18.4 Å². The van der Waals surface area contributed by atoms with Crippen molar-refractivity contribution in [3.05, 3.63) is 47.7 Å². The van der Waals surface area contributed by atoms with E-state index in [1.54, 1.807) is 0 Å². The van der Waals surface area contributed by atoms with Gasteiger partial charge in [-0.3, -0.25) is 0 Å². The predicted molar refractivity (Wildman–Crippen MR) is 66.0 cm³/mol. The number of aliphatic hydroxyl groups excluding tert-OH is 1. The summed E-state index contributed by atoms with van der Waals surface area (Å²) >= 11 is 0. The molecule has 3 rings (SSSR count). The van der Waals surface area contributed by atoms with Gasteiger partial charge in [0.1, 0.15) is 0 Å². The number of hydrogen-bond acceptors (Lipinski definition) is 4. The largest absolute Gasteiger partial charge is 0.422 e. The Balaban J connectivity index is 1.80. The second-order valence-corrected chi connectivity index (χ2v) is 4.77. The monoisotopic (exact) mass is 244 g/mol. The number of benzene rings is 1. The average molecular weight is 244 g/mol. The lowest BCUT2D eigenvalue weighted by molar-refractivity contribution is 0.179. The number of hydrogen-bond donors (Lipinski definition) is 1. The van der Waals surface area contributed by atoms with Crippen LogP contribution in [0.4, 0.5) is 0 Å². The van der Waals surface area contributed by atoms with Gasteiger partial charge in [0.2, 0.25) is 11.8 Å². The Morgan fingerprint density at radius 1 is 1.11 bits per heavy atom. The molecule has 1 aromatic heterocycles. The van der Waals surface area contributed by atoms with Crippen molar-refractivity contribution in [1.82, 2.24) is 10.2 Å². The zero-order chi connectivity index (χ0) is 12.4. The van der Waals surface area contributed by atoms with Crippen LogP contribution in [0.5, 0.6) is 0 Å². The van der Waals surface area contributed by atoms with Crippen LogP contribution < -0.4 is 0 Å². The van der Waals surface area contributed by atoms with Gasteiger partial charge < -0.3 is 9.52 Å². The highest BCUT2D eigenvalue weighted by Crippen LogP contribution is 2.34. The van der Waals surface area contributed by atoms with Crippen LogP contribution in [0.1, 0.15) is 55.1 Å². The molecule has 18 heavy (non-hydrogen) atoms. The fraction of sp³-hybridized carbons (Fsp3) is 0.429. The summed E-state index contributed by atoms with van der Waals surface area (Å²) in [6, 6.07) is 9.38. The van der Waals surface area contributed by atoms with Gasteiger partial charge in [-0.1, -0.05) is 43.2 Å². The first-order chi connectivity index (χ1) is 8.84. The van der Waals surface area contributed by atoms with Crippen molar-refractivity contribution in [3.8, 4) is 0 Å². The number of nitrogens with zero attached hydrogens (tertiary/aromatic N) is 2. The van der Waals surface area contributed by atoms with Crippen LogP contribution in [0.25, 0.3) is 0 Å². The third-order valence-electron chi connectivity index (χ3n) is 3.51. The molecule has 1 unspecified atom stereocenters. The fourth-order valence-electron chi connectivity index (χ4n) is 2.47. The second-order valence-electron chi connectivity index (χ2n) is 4.77. The molecular formula is C14H16N2O2. The maximum absolute atomic E-state index is 10.2. The zero-order valence-corrected chi connectivity index (χ0v) is 10.1. The molecule has 1 atom stereocenters. The molecule has 0 bridgehead atoms. The minimum absolute atomic E-state index is 0.295. The average Bonchev–Trinajstić information content (AvgIpc) is 3.09. The van der Waals surface area contributed by atoms with E-state index < -0.39 is 6.10 Å². The minimum atomic E-state index is -0.825. The maximum Gasteiger partial charge on any atom is 0.249 e. The lowest BCUT2D eigenvalue weighted by Gasteiger charge is -2.06. The molecule has 1 aromatic carbocycles. The van der Waals surface area contributed by atoms with Crippen LogP contribution in [-0.2, 0) is 0 Å². The third-order valence-corrected chi connectivity index (χ3v) is 3.51. The first-order valence-corrected chi connectivity index (χ1v) is 6.41. The Morgan fingerprint density at radius 3 is 2.56 bits per heavy atom. The number of aromatic nitrogens is 2. The molecule has 4 nitrogen and oxygen atoms in total. The molecule has 2 aromatic rings. The van der Waals surface area contributed by atoms with Gasteiger partial charge in [-0.25, -0.2) is 0 Å². The quantitative estimate of drug-likeness (QED) is 0.901. The molecular weight excluding hydrogens is 228 g/mol. The first kappa shape index (κ1) is 11.4. The van der Waals surface area contributed by atoms with E-state index in [1.165, 1.54) is 12.8 Å². The van der Waals surface area contributed by atoms with E-state index >= 15 is 0 Å². The topological polar surface area (TPSA) is 59.2 Å². The zero-order valence-electron chi connectivity index (χ0n) is 10.1. The number of rotatable bonds is 3. The van der Waals surface area contributed by atoms with Crippen molar-refractivity contribution in [1.29, 1.82) is 0 Å². The minimum Gasteiger partial charge on any atom is -0.422 e. The van der Waals surface area contributed by atoms with Crippen LogP contribution in [0, 0.1) is 0 Å². The van der Waals surface area contributed by atoms with Gasteiger partial charge >= 0.3 is 0 Å². The van der Waals surface area contributed by atoms with Crippen LogP contribution in [0.15, 0.2) is 34.7 Å². The molecule has 1 aliphatic carbocycles. The summed E-state index contributed by atoms with van der Waals surface area (Å²) in [6.45, 7) is 0. The van der Waals surface area contributed by atoms with E-state index in [1.807, 2.05) is 30.3 Å². The van der Waals surface area contributed by atoms with Gasteiger partial charge in [0, 0.05) is 5.92 Å². The third kappa shape index (κ3) is 2.16. The van der Waals surface area contributed by atoms with E-state index in [-0.39, 0.29) is 0 Å². The van der Waals surface area contributed by atoms with Crippen molar-refractivity contribution in [3.63, 3.8) is 0 Å². The second kappa shape index (κ2) is 4.90. The smallest absolute Gasteiger partial charge is 0.249 e. The lowest BCUT2D eigenvalue weighted by atomic mass is 10.1. The molecule has 0 spiro atoms. The first-order valence-electron chi connectivity index (χ1n) is 6.41. The fourth-order valence-corrected chi connectivity index (χ4v) is 2.47. The molecule has 1 N–H and O–H groups in total. The highest BCUT2D eigenvalue weighted by atomic mass is 16.4. The van der Waals surface area contributed by atoms with E-state index in [4.69, 9.17) is 4.42 Å². The van der Waals surface area contributed by atoms with Gasteiger partial charge in [0.15, 0.2) is 6.10 Å². The number of aliphatic hydroxyl groups is 1. The summed E-state index contributed by atoms with van der Waals surface area (Å²) in [7, 11) is 0. The highest BCUT2D eigenvalue weighted by molar-refractivity contribution is 5.21. The van der Waals surface area contributed by atoms with Gasteiger partial charge in [-0.05, 0) is 18.4 Å². The van der Waals surface area contributed by atoms with E-state index in [0.29, 0.717) is 17.7 Å². The van der Waals surface area contributed by atoms with Crippen LogP contribution in [-0.4, -0.2) is 15.3 Å². The van der Waals surface area contributed by atoms with E-state index in [2.05, 4.69) is 10.2 Å². The van der Waals surface area contributed by atoms with Crippen molar-refractivity contribution < 1.29 is 9.52 Å². The normalized spacial score (nSPS) is 18.1. The summed E-state index contributed by atoms with van der Waals surface area (Å²) < 4.78 is 5.61. The molecule has 4 heteroatoms. The summed E-state index contributed by atoms with van der Waals surface area (Å²) in [5.74, 6) is 1.36. The lowest BCUT2D eigenvalue weighted by Crippen LogP contribution is -1.99. The Morgan fingerprint density at radius 2 is 1.83 bits per heavy atom. The molecule has 0 aliphatic heterocycles. The highest BCUT2D eigenvalue weighted by Gasteiger charge is 2.25. The molecule has 1 heterocycles.